The molecule has 110 heavy (non-hydrogen) atoms. The highest BCUT2D eigenvalue weighted by atomic mass is 19.4. The van der Waals surface area contributed by atoms with Gasteiger partial charge in [0.15, 0.2) is 23.1 Å². The number of aryl methyl sites for hydroxylation is 4. The number of ether oxygens (including phenoxy) is 4. The summed E-state index contributed by atoms with van der Waals surface area (Å²) in [4.78, 5) is 51.6. The van der Waals surface area contributed by atoms with Gasteiger partial charge in [0, 0.05) is 44.5 Å². The minimum Gasteiger partial charge on any atom is -0.457 e. The zero-order chi connectivity index (χ0) is 76.9. The average Bonchev–Trinajstić information content (AvgIpc) is 1.58. The van der Waals surface area contributed by atoms with Crippen molar-refractivity contribution in [3.63, 3.8) is 0 Å². The monoisotopic (exact) mass is 1460 g/mol. The van der Waals surface area contributed by atoms with Gasteiger partial charge in [-0.2, -0.15) is 26.3 Å². The van der Waals surface area contributed by atoms with Crippen molar-refractivity contribution < 1.29 is 64.5 Å². The largest absolute Gasteiger partial charge is 0.457 e. The Morgan fingerprint density at radius 2 is 0.418 bits per heavy atom. The van der Waals surface area contributed by atoms with Crippen LogP contribution in [0.4, 0.5) is 26.3 Å². The fraction of sp³-hybridized carbons (Fsp3) is 0.0833. The molecular weight excluding hydrogens is 1400 g/mol. The van der Waals surface area contributed by atoms with Crippen molar-refractivity contribution in [2.75, 3.05) is 0 Å². The Morgan fingerprint density at radius 1 is 0.236 bits per heavy atom. The maximum absolute atomic E-state index is 14.8. The highest BCUT2D eigenvalue weighted by molar-refractivity contribution is 6.11. The summed E-state index contributed by atoms with van der Waals surface area (Å²) in [5.41, 5.74) is 8.40. The molecule has 0 spiro atoms. The first-order valence-electron chi connectivity index (χ1n) is 35.3. The van der Waals surface area contributed by atoms with Gasteiger partial charge in [-0.1, -0.05) is 216 Å². The third kappa shape index (κ3) is 15.0. The van der Waals surface area contributed by atoms with Gasteiger partial charge < -0.3 is 18.9 Å². The van der Waals surface area contributed by atoms with E-state index in [1.807, 2.05) is 173 Å². The van der Waals surface area contributed by atoms with Crippen LogP contribution >= 0.6 is 0 Å². The van der Waals surface area contributed by atoms with E-state index in [1.54, 1.807) is 24.3 Å². The fourth-order valence-electron chi connectivity index (χ4n) is 13.8. The zero-order valence-electron chi connectivity index (χ0n) is 59.9. The first kappa shape index (κ1) is 73.4. The second kappa shape index (κ2) is 30.8. The molecule has 0 saturated carbocycles. The molecule has 0 N–H and O–H groups in total. The molecule has 0 fully saturated rings. The second-order valence-electron chi connectivity index (χ2n) is 27.0. The van der Waals surface area contributed by atoms with Gasteiger partial charge in [0.1, 0.15) is 46.0 Å². The van der Waals surface area contributed by atoms with Crippen molar-refractivity contribution in [2.24, 2.45) is 0 Å². The summed E-state index contributed by atoms with van der Waals surface area (Å²) >= 11 is 0. The Morgan fingerprint density at radius 3 is 0.627 bits per heavy atom. The van der Waals surface area contributed by atoms with E-state index in [1.165, 1.54) is 70.8 Å². The maximum atomic E-state index is 14.8. The lowest BCUT2D eigenvalue weighted by Gasteiger charge is -2.38. The molecule has 0 unspecified atom stereocenters. The van der Waals surface area contributed by atoms with Gasteiger partial charge in [-0.25, -0.2) is 0 Å². The molecule has 0 aliphatic heterocycles. The highest BCUT2D eigenvalue weighted by Crippen LogP contribution is 2.58. The minimum absolute atomic E-state index is 0.0139. The van der Waals surface area contributed by atoms with Crippen molar-refractivity contribution in [2.45, 2.75) is 50.9 Å². The van der Waals surface area contributed by atoms with Gasteiger partial charge in [-0.05, 0) is 218 Å². The summed E-state index contributed by atoms with van der Waals surface area (Å²) in [6, 6.07) is 96.7. The molecule has 0 bridgehead atoms. The molecule has 1 aliphatic rings. The van der Waals surface area contributed by atoms with Crippen molar-refractivity contribution in [3.05, 3.63) is 440 Å². The lowest BCUT2D eigenvalue weighted by Crippen LogP contribution is -2.54. The van der Waals surface area contributed by atoms with Crippen LogP contribution in [0.3, 0.4) is 0 Å². The SMILES string of the molecule is Cc1ccc(C(=O)c2ccc(Oc3ccc(C(c4ccc(Oc5ccc(C(=O)c6ccc(C)cc6)cc5)cc4)(C(F)(F)F)C(F)(F)F)cc3)cc2)cc1.Cc1ccc(C(=O)c2ccc(Oc3ccc(C4(c5ccc(Oc6ccc(C(=O)c7ccc(C)cc7)cc6)cc5)c5ccccc5-c5ccccc54)cc3)cc2)cc1. The lowest BCUT2D eigenvalue weighted by molar-refractivity contribution is -0.288. The molecule has 14 aromatic rings. The molecule has 1 aliphatic carbocycles. The van der Waals surface area contributed by atoms with Crippen LogP contribution in [-0.2, 0) is 10.8 Å². The number of benzene rings is 14. The normalized spacial score (nSPS) is 12.1. The molecule has 0 saturated heterocycles. The number of rotatable bonds is 20. The smallest absolute Gasteiger partial charge is 0.411 e. The molecule has 0 atom stereocenters. The van der Waals surface area contributed by atoms with Gasteiger partial charge >= 0.3 is 12.4 Å². The first-order chi connectivity index (χ1) is 53.0. The van der Waals surface area contributed by atoms with Crippen LogP contribution in [0, 0.1) is 27.7 Å². The number of halogens is 6. The fourth-order valence-corrected chi connectivity index (χ4v) is 13.8. The van der Waals surface area contributed by atoms with Crippen molar-refractivity contribution in [3.8, 4) is 57.1 Å². The number of carbonyl (C=O) groups is 4. The van der Waals surface area contributed by atoms with Crippen molar-refractivity contribution in [1.29, 1.82) is 0 Å². The zero-order valence-corrected chi connectivity index (χ0v) is 59.9. The van der Waals surface area contributed by atoms with E-state index in [0.717, 1.165) is 81.9 Å². The van der Waals surface area contributed by atoms with E-state index in [2.05, 4.69) is 72.8 Å². The molecule has 0 heterocycles. The van der Waals surface area contributed by atoms with Crippen molar-refractivity contribution in [1.82, 2.24) is 0 Å². The number of hydrogen-bond donors (Lipinski definition) is 0. The second-order valence-corrected chi connectivity index (χ2v) is 27.0. The maximum Gasteiger partial charge on any atom is 0.411 e. The third-order valence-corrected chi connectivity index (χ3v) is 19.6. The Labute approximate surface area is 632 Å². The Bertz CT molecular complexity index is 5290. The Kier molecular flexibility index (Phi) is 20.6. The summed E-state index contributed by atoms with van der Waals surface area (Å²) in [6.07, 6.45) is -11.6. The van der Waals surface area contributed by atoms with E-state index in [9.17, 15) is 45.5 Å². The van der Waals surface area contributed by atoms with E-state index < -0.39 is 34.3 Å². The summed E-state index contributed by atoms with van der Waals surface area (Å²) in [6.45, 7) is 7.81. The van der Waals surface area contributed by atoms with E-state index in [4.69, 9.17) is 18.9 Å². The molecular formula is C96H68F6O8. The highest BCUT2D eigenvalue weighted by Gasteiger charge is 2.72. The molecule has 0 amide bonds. The van der Waals surface area contributed by atoms with Crippen LogP contribution in [0.15, 0.2) is 340 Å². The molecule has 0 aromatic heterocycles. The van der Waals surface area contributed by atoms with Crippen LogP contribution in [0.1, 0.15) is 119 Å². The number of alkyl halides is 6. The number of hydrogen-bond acceptors (Lipinski definition) is 8. The van der Waals surface area contributed by atoms with E-state index in [0.29, 0.717) is 67.5 Å². The van der Waals surface area contributed by atoms with Crippen molar-refractivity contribution >= 4 is 23.1 Å². The van der Waals surface area contributed by atoms with Crippen LogP contribution in [0.2, 0.25) is 0 Å². The molecule has 15 rings (SSSR count). The summed E-state index contributed by atoms with van der Waals surface area (Å²) in [5, 5.41) is 0. The minimum atomic E-state index is -5.80. The quantitative estimate of drug-likeness (QED) is 0.0549. The summed E-state index contributed by atoms with van der Waals surface area (Å²) in [5.74, 6) is 2.62. The number of fused-ring (bicyclic) bond motifs is 3. The Hall–Kier alpha value is -13.5. The van der Waals surface area contributed by atoms with Gasteiger partial charge in [0.25, 0.3) is 0 Å². The first-order valence-corrected chi connectivity index (χ1v) is 35.3. The molecule has 542 valence electrons. The van der Waals surface area contributed by atoms with Crippen LogP contribution in [0.5, 0.6) is 46.0 Å². The van der Waals surface area contributed by atoms with Gasteiger partial charge in [0.2, 0.25) is 5.41 Å². The Balaban J connectivity index is 0.000000184. The molecule has 0 radical (unpaired) electrons. The van der Waals surface area contributed by atoms with E-state index in [-0.39, 0.29) is 46.1 Å². The molecule has 8 nitrogen and oxygen atoms in total. The van der Waals surface area contributed by atoms with Crippen LogP contribution in [0.25, 0.3) is 11.1 Å². The van der Waals surface area contributed by atoms with Gasteiger partial charge in [-0.3, -0.25) is 19.2 Å². The van der Waals surface area contributed by atoms with E-state index >= 15 is 0 Å². The number of ketones is 4. The number of carbonyl (C=O) groups excluding carboxylic acids is 4. The van der Waals surface area contributed by atoms with Crippen LogP contribution < -0.4 is 18.9 Å². The predicted molar refractivity (Wildman–Crippen MR) is 414 cm³/mol. The lowest BCUT2D eigenvalue weighted by atomic mass is 9.68. The van der Waals surface area contributed by atoms with Gasteiger partial charge in [0.05, 0.1) is 5.41 Å². The summed E-state index contributed by atoms with van der Waals surface area (Å²) < 4.78 is 113. The van der Waals surface area contributed by atoms with Gasteiger partial charge in [-0.15, -0.1) is 0 Å². The molecule has 14 heteroatoms. The topological polar surface area (TPSA) is 105 Å². The van der Waals surface area contributed by atoms with Crippen LogP contribution in [-0.4, -0.2) is 35.5 Å². The summed E-state index contributed by atoms with van der Waals surface area (Å²) in [7, 11) is 0. The predicted octanol–water partition coefficient (Wildman–Crippen LogP) is 24.5. The average molecular weight is 1460 g/mol. The third-order valence-electron chi connectivity index (χ3n) is 19.6. The standard InChI is InChI=1S/C53H38O4.C43H30F6O4/c1-35-11-15-37(16-12-35)51(54)39-19-27-43(28-20-39)56-45-31-23-41(24-32-45)53(49-9-5-3-7-47(49)48-8-4-6-10-50(48)53)42-25-33-46(34-26-42)57-44-29-21-40(22-30-44)52(55)38-17-13-36(2)14-18-38;1-27-3-7-29(8-4-27)39(50)31-11-19-35(20-12-31)52-37-23-15-33(16-24-37)41(42(44,45)46,43(47,48)49)34-17-25-38(26-18-34)53-36-21-13-32(14-22-36)40(51)30-9-5-28(2)6-10-30/h3-34H,1-2H3;3-26H,1-2H3. The molecule has 14 aromatic carbocycles.